The Morgan fingerprint density at radius 3 is 2.75 bits per heavy atom. The Morgan fingerprint density at radius 2 is 2.07 bits per heavy atom. The maximum absolute atomic E-state index is 11.5. The highest BCUT2D eigenvalue weighted by atomic mass is 32.3. The number of piperidine rings is 1. The molecule has 0 bridgehead atoms. The van der Waals surface area contributed by atoms with Crippen molar-refractivity contribution >= 4 is 10.4 Å². The Labute approximate surface area is 160 Å². The molecule has 8 unspecified atom stereocenters. The van der Waals surface area contributed by atoms with Crippen molar-refractivity contribution in [3.63, 3.8) is 0 Å². The van der Waals surface area contributed by atoms with E-state index < -0.39 is 39.9 Å². The van der Waals surface area contributed by atoms with E-state index in [9.17, 15) is 27.7 Å². The van der Waals surface area contributed by atoms with E-state index in [0.29, 0.717) is 19.4 Å². The van der Waals surface area contributed by atoms with Crippen LogP contribution in [0.3, 0.4) is 0 Å². The van der Waals surface area contributed by atoms with E-state index in [1.54, 1.807) is 0 Å². The molecule has 0 saturated carbocycles. The van der Waals surface area contributed by atoms with Gasteiger partial charge in [-0.1, -0.05) is 6.92 Å². The number of aromatic amines is 2. The zero-order chi connectivity index (χ0) is 20.2. The van der Waals surface area contributed by atoms with Crippen LogP contribution in [-0.2, 0) is 14.6 Å². The second-order valence-corrected chi connectivity index (χ2v) is 8.79. The second-order valence-electron chi connectivity index (χ2n) is 7.78. The van der Waals surface area contributed by atoms with Gasteiger partial charge in [-0.15, -0.1) is 0 Å². The molecule has 0 radical (unpaired) electrons. The largest absolute Gasteiger partial charge is 0.726 e. The van der Waals surface area contributed by atoms with Crippen LogP contribution in [0.4, 0.5) is 0 Å². The first-order chi connectivity index (χ1) is 13.1. The second kappa shape index (κ2) is 7.02. The number of hydrogen-bond donors (Lipinski definition) is 6. The Kier molecular flexibility index (Phi) is 4.94. The topological polar surface area (TPSA) is 181 Å². The Hall–Kier alpha value is -1.61. The van der Waals surface area contributed by atoms with Gasteiger partial charge >= 0.3 is 5.69 Å². The van der Waals surface area contributed by atoms with Gasteiger partial charge < -0.3 is 19.5 Å². The molecule has 1 aromatic rings. The number of aliphatic hydroxyl groups excluding tert-OH is 1. The van der Waals surface area contributed by atoms with E-state index in [1.807, 2.05) is 6.92 Å². The highest BCUT2D eigenvalue weighted by Crippen LogP contribution is 2.29. The Balaban J connectivity index is 1.57. The van der Waals surface area contributed by atoms with Gasteiger partial charge in [0.2, 0.25) is 10.4 Å². The molecule has 8 atom stereocenters. The van der Waals surface area contributed by atoms with Crippen molar-refractivity contribution in [3.8, 4) is 0 Å². The van der Waals surface area contributed by atoms with E-state index in [0.717, 1.165) is 6.07 Å². The highest BCUT2D eigenvalue weighted by Gasteiger charge is 2.55. The molecular formula is C15H23N5O7S. The molecule has 0 aliphatic carbocycles. The summed E-state index contributed by atoms with van der Waals surface area (Å²) in [5, 5.41) is 17.3. The molecule has 4 rings (SSSR count). The van der Waals surface area contributed by atoms with Crippen LogP contribution in [0.2, 0.25) is 0 Å². The first-order valence-electron chi connectivity index (χ1n) is 9.14. The molecule has 3 fully saturated rings. The predicted octanol–water partition coefficient (Wildman–Crippen LogP) is -4.15. The fourth-order valence-electron chi connectivity index (χ4n) is 4.95. The summed E-state index contributed by atoms with van der Waals surface area (Å²) in [5.41, 5.74) is -1.21. The fourth-order valence-corrected chi connectivity index (χ4v) is 5.51. The van der Waals surface area contributed by atoms with Gasteiger partial charge in [-0.25, -0.2) is 23.8 Å². The lowest BCUT2D eigenvalue weighted by molar-refractivity contribution is -0.979. The monoisotopic (exact) mass is 417 g/mol. The van der Waals surface area contributed by atoms with Crippen molar-refractivity contribution in [3.05, 3.63) is 32.6 Å². The van der Waals surface area contributed by atoms with Gasteiger partial charge in [0.25, 0.3) is 5.56 Å². The van der Waals surface area contributed by atoms with Crippen molar-refractivity contribution in [1.82, 2.24) is 20.6 Å². The number of nitrogens with one attached hydrogen (secondary N) is 5. The normalized spacial score (nSPS) is 38.8. The summed E-state index contributed by atoms with van der Waals surface area (Å²) in [5.74, 6) is -0.139. The lowest BCUT2D eigenvalue weighted by Gasteiger charge is -2.48. The first kappa shape index (κ1) is 19.7. The number of hydrogen-bond acceptors (Lipinski definition) is 9. The van der Waals surface area contributed by atoms with E-state index in [-0.39, 0.29) is 30.0 Å². The molecule has 13 heteroatoms. The van der Waals surface area contributed by atoms with E-state index >= 15 is 0 Å². The molecule has 3 aliphatic heterocycles. The summed E-state index contributed by atoms with van der Waals surface area (Å²) in [4.78, 5) is 28.7. The van der Waals surface area contributed by atoms with Crippen molar-refractivity contribution in [2.45, 2.75) is 56.4 Å². The molecule has 28 heavy (non-hydrogen) atoms. The van der Waals surface area contributed by atoms with Crippen LogP contribution in [0.5, 0.6) is 0 Å². The minimum absolute atomic E-state index is 0.0560. The van der Waals surface area contributed by atoms with Crippen LogP contribution >= 0.6 is 0 Å². The van der Waals surface area contributed by atoms with Crippen LogP contribution in [0.15, 0.2) is 15.7 Å². The van der Waals surface area contributed by atoms with Gasteiger partial charge in [0, 0.05) is 24.8 Å². The average molecular weight is 417 g/mol. The van der Waals surface area contributed by atoms with Gasteiger partial charge in [-0.05, 0) is 0 Å². The molecule has 6 N–H and O–H groups in total. The minimum Gasteiger partial charge on any atom is -0.726 e. The van der Waals surface area contributed by atoms with Gasteiger partial charge in [-0.2, -0.15) is 0 Å². The standard InChI is InChI=1S/C15H23N5O7S/c1-6-10-5-16-14-17-8(13(22)9-4-12(21)19-15(23)18-9)2-7(20(10)14)3-11(6)27-28(24,25)26/h4,6-8,10-11,13-14,16-17,22H,2-3,5H2,1H3,(H,24,25,26)(H2,18,19,21,23). The number of quaternary nitrogens is 1. The number of H-pyrrole nitrogens is 2. The molecule has 0 aromatic carbocycles. The molecule has 0 amide bonds. The average Bonchev–Trinajstić information content (AvgIpc) is 3.01. The molecular weight excluding hydrogens is 394 g/mol. The Bertz CT molecular complexity index is 934. The summed E-state index contributed by atoms with van der Waals surface area (Å²) < 4.78 is 38.1. The summed E-state index contributed by atoms with van der Waals surface area (Å²) in [6, 6.07) is 0.639. The molecule has 12 nitrogen and oxygen atoms in total. The third-order valence-corrected chi connectivity index (χ3v) is 6.64. The van der Waals surface area contributed by atoms with Crippen LogP contribution in [0.25, 0.3) is 0 Å². The van der Waals surface area contributed by atoms with Gasteiger partial charge in [0.15, 0.2) is 6.29 Å². The van der Waals surface area contributed by atoms with E-state index in [1.165, 1.54) is 4.90 Å². The maximum Gasteiger partial charge on any atom is 0.325 e. The number of aliphatic hydroxyl groups is 1. The smallest absolute Gasteiger partial charge is 0.325 e. The zero-order valence-electron chi connectivity index (χ0n) is 15.0. The molecule has 1 aromatic heterocycles. The van der Waals surface area contributed by atoms with Crippen LogP contribution < -0.4 is 26.8 Å². The van der Waals surface area contributed by atoms with Gasteiger partial charge in [-0.3, -0.25) is 14.0 Å². The maximum atomic E-state index is 11.5. The van der Waals surface area contributed by atoms with Crippen molar-refractivity contribution in [2.75, 3.05) is 6.54 Å². The third-order valence-electron chi connectivity index (χ3n) is 6.15. The molecule has 156 valence electrons. The van der Waals surface area contributed by atoms with Gasteiger partial charge in [0.05, 0.1) is 30.4 Å². The van der Waals surface area contributed by atoms with Crippen LogP contribution in [0.1, 0.15) is 31.6 Å². The highest BCUT2D eigenvalue weighted by molar-refractivity contribution is 7.80. The van der Waals surface area contributed by atoms with Crippen molar-refractivity contribution in [1.29, 1.82) is 0 Å². The molecule has 0 spiro atoms. The SMILES string of the molecule is CC1C(OS(=O)(=O)[O-])CC2CC(C(O)c3cc(=O)[nH]c(=O)[nH]3)NC3NCC1[NH+]23. The van der Waals surface area contributed by atoms with E-state index in [4.69, 9.17) is 4.18 Å². The zero-order valence-corrected chi connectivity index (χ0v) is 15.9. The summed E-state index contributed by atoms with van der Waals surface area (Å²) in [6.45, 7) is 2.48. The quantitative estimate of drug-likeness (QED) is 0.209. The predicted molar refractivity (Wildman–Crippen MR) is 92.9 cm³/mol. The van der Waals surface area contributed by atoms with Gasteiger partial charge in [0.1, 0.15) is 12.1 Å². The lowest BCUT2D eigenvalue weighted by Crippen LogP contribution is -3.26. The molecule has 3 saturated heterocycles. The van der Waals surface area contributed by atoms with Crippen molar-refractivity contribution < 1.29 is 27.2 Å². The third kappa shape index (κ3) is 3.66. The lowest BCUT2D eigenvalue weighted by atomic mass is 9.81. The fraction of sp³-hybridized carbons (Fsp3) is 0.733. The minimum atomic E-state index is -4.82. The number of rotatable bonds is 4. The van der Waals surface area contributed by atoms with Crippen LogP contribution in [-0.4, -0.2) is 65.1 Å². The summed E-state index contributed by atoms with van der Waals surface area (Å²) in [6.07, 6.45) is -1.24. The van der Waals surface area contributed by atoms with E-state index in [2.05, 4.69) is 20.6 Å². The molecule has 3 aliphatic rings. The molecule has 4 heterocycles. The first-order valence-corrected chi connectivity index (χ1v) is 10.5. The summed E-state index contributed by atoms with van der Waals surface area (Å²) >= 11 is 0. The number of aromatic nitrogens is 2. The Morgan fingerprint density at radius 1 is 1.32 bits per heavy atom. The van der Waals surface area contributed by atoms with Crippen molar-refractivity contribution in [2.24, 2.45) is 5.92 Å². The summed E-state index contributed by atoms with van der Waals surface area (Å²) in [7, 11) is -4.82. The van der Waals surface area contributed by atoms with Crippen LogP contribution in [0, 0.1) is 5.92 Å².